The smallest absolute Gasteiger partial charge is 0.335 e. The Morgan fingerprint density at radius 3 is 1.90 bits per heavy atom. The summed E-state index contributed by atoms with van der Waals surface area (Å²) in [4.78, 5) is 19.3. The Hall–Kier alpha value is -3.67. The van der Waals surface area contributed by atoms with Crippen LogP contribution < -0.4 is 9.47 Å². The molecule has 0 spiro atoms. The lowest BCUT2D eigenvalue weighted by Gasteiger charge is -2.08. The van der Waals surface area contributed by atoms with E-state index in [1.165, 1.54) is 0 Å². The van der Waals surface area contributed by atoms with Crippen molar-refractivity contribution in [1.82, 2.24) is 4.98 Å². The SMILES string of the molecule is O=C(O)c1ccc(OCCCCCCOc2ccc(N=Cc3ccncc3)cc2)cc1. The Kier molecular flexibility index (Phi) is 8.61. The molecule has 0 radical (unpaired) electrons. The number of unbranched alkanes of at least 4 members (excludes halogenated alkanes) is 3. The third kappa shape index (κ3) is 7.93. The largest absolute Gasteiger partial charge is 0.494 e. The van der Waals surface area contributed by atoms with Gasteiger partial charge in [0, 0.05) is 18.6 Å². The van der Waals surface area contributed by atoms with Crippen LogP contribution in [0.2, 0.25) is 0 Å². The first-order valence-electron chi connectivity index (χ1n) is 10.3. The molecule has 3 aromatic rings. The second-order valence-corrected chi connectivity index (χ2v) is 6.97. The van der Waals surface area contributed by atoms with E-state index in [2.05, 4.69) is 9.98 Å². The van der Waals surface area contributed by atoms with Gasteiger partial charge in [0.25, 0.3) is 0 Å². The third-order valence-corrected chi connectivity index (χ3v) is 4.58. The Balaban J connectivity index is 1.25. The number of carbonyl (C=O) groups is 1. The molecule has 0 aliphatic heterocycles. The first-order valence-corrected chi connectivity index (χ1v) is 10.3. The fraction of sp³-hybridized carbons (Fsp3) is 0.240. The topological polar surface area (TPSA) is 81.0 Å². The fourth-order valence-corrected chi connectivity index (χ4v) is 2.86. The van der Waals surface area contributed by atoms with Crippen LogP contribution in [-0.2, 0) is 0 Å². The van der Waals surface area contributed by atoms with Crippen molar-refractivity contribution >= 4 is 17.9 Å². The number of nitrogens with zero attached hydrogens (tertiary/aromatic N) is 2. The number of pyridine rings is 1. The number of carboxylic acid groups (broad SMARTS) is 1. The first-order chi connectivity index (χ1) is 15.2. The predicted octanol–water partition coefficient (Wildman–Crippen LogP) is 5.55. The molecule has 0 fully saturated rings. The zero-order chi connectivity index (χ0) is 21.7. The molecule has 1 heterocycles. The molecule has 0 atom stereocenters. The summed E-state index contributed by atoms with van der Waals surface area (Å²) in [6.07, 6.45) is 9.35. The fourth-order valence-electron chi connectivity index (χ4n) is 2.86. The maximum atomic E-state index is 10.8. The van der Waals surface area contributed by atoms with Gasteiger partial charge in [0.2, 0.25) is 0 Å². The van der Waals surface area contributed by atoms with E-state index in [9.17, 15) is 4.79 Å². The number of hydrogen-bond donors (Lipinski definition) is 1. The lowest BCUT2D eigenvalue weighted by molar-refractivity contribution is 0.0697. The summed E-state index contributed by atoms with van der Waals surface area (Å²) in [5, 5.41) is 8.88. The van der Waals surface area contributed by atoms with Gasteiger partial charge in [0.15, 0.2) is 0 Å². The molecule has 31 heavy (non-hydrogen) atoms. The average Bonchev–Trinajstić information content (AvgIpc) is 2.81. The highest BCUT2D eigenvalue weighted by Gasteiger charge is 2.02. The predicted molar refractivity (Wildman–Crippen MR) is 121 cm³/mol. The molecule has 1 N–H and O–H groups in total. The number of aliphatic imine (C=N–C) groups is 1. The highest BCUT2D eigenvalue weighted by Crippen LogP contribution is 2.18. The minimum absolute atomic E-state index is 0.264. The number of hydrogen-bond acceptors (Lipinski definition) is 5. The summed E-state index contributed by atoms with van der Waals surface area (Å²) in [5.41, 5.74) is 2.15. The Morgan fingerprint density at radius 1 is 0.806 bits per heavy atom. The van der Waals surface area contributed by atoms with Gasteiger partial charge >= 0.3 is 5.97 Å². The van der Waals surface area contributed by atoms with Crippen molar-refractivity contribution in [3.05, 3.63) is 84.2 Å². The number of ether oxygens (including phenoxy) is 2. The van der Waals surface area contributed by atoms with E-state index in [-0.39, 0.29) is 5.56 Å². The maximum Gasteiger partial charge on any atom is 0.335 e. The van der Waals surface area contributed by atoms with Crippen LogP contribution in [0.5, 0.6) is 11.5 Å². The number of benzene rings is 2. The normalized spacial score (nSPS) is 10.8. The number of aromatic carboxylic acids is 1. The van der Waals surface area contributed by atoms with Gasteiger partial charge in [-0.1, -0.05) is 0 Å². The Labute approximate surface area is 182 Å². The Bertz CT molecular complexity index is 955. The van der Waals surface area contributed by atoms with Crippen molar-refractivity contribution in [1.29, 1.82) is 0 Å². The van der Waals surface area contributed by atoms with Crippen LogP contribution in [0, 0.1) is 0 Å². The summed E-state index contributed by atoms with van der Waals surface area (Å²) in [6.45, 7) is 1.30. The molecule has 0 bridgehead atoms. The van der Waals surface area contributed by atoms with Gasteiger partial charge in [-0.05, 0) is 91.9 Å². The second-order valence-electron chi connectivity index (χ2n) is 6.97. The van der Waals surface area contributed by atoms with Crippen LogP contribution in [0.1, 0.15) is 41.6 Å². The van der Waals surface area contributed by atoms with Crippen molar-refractivity contribution in [2.45, 2.75) is 25.7 Å². The summed E-state index contributed by atoms with van der Waals surface area (Å²) in [5.74, 6) is 0.608. The van der Waals surface area contributed by atoms with Crippen LogP contribution in [-0.4, -0.2) is 35.5 Å². The van der Waals surface area contributed by atoms with Crippen molar-refractivity contribution in [3.63, 3.8) is 0 Å². The van der Waals surface area contributed by atoms with Crippen LogP contribution >= 0.6 is 0 Å². The van der Waals surface area contributed by atoms with E-state index in [1.807, 2.05) is 42.6 Å². The molecular formula is C25H26N2O4. The molecular weight excluding hydrogens is 392 g/mol. The average molecular weight is 418 g/mol. The molecule has 160 valence electrons. The minimum atomic E-state index is -0.931. The highest BCUT2D eigenvalue weighted by atomic mass is 16.5. The summed E-state index contributed by atoms with van der Waals surface area (Å²) in [7, 11) is 0. The Morgan fingerprint density at radius 2 is 1.35 bits per heavy atom. The molecule has 6 heteroatoms. The monoisotopic (exact) mass is 418 g/mol. The van der Waals surface area contributed by atoms with Gasteiger partial charge in [-0.15, -0.1) is 0 Å². The van der Waals surface area contributed by atoms with Crippen LogP contribution in [0.15, 0.2) is 78.0 Å². The molecule has 0 saturated heterocycles. The zero-order valence-electron chi connectivity index (χ0n) is 17.3. The van der Waals surface area contributed by atoms with Gasteiger partial charge in [-0.25, -0.2) is 4.79 Å². The van der Waals surface area contributed by atoms with E-state index in [4.69, 9.17) is 14.6 Å². The van der Waals surface area contributed by atoms with Gasteiger partial charge in [0.05, 0.1) is 24.5 Å². The number of rotatable bonds is 12. The molecule has 0 saturated carbocycles. The highest BCUT2D eigenvalue weighted by molar-refractivity contribution is 5.87. The molecule has 0 amide bonds. The minimum Gasteiger partial charge on any atom is -0.494 e. The molecule has 6 nitrogen and oxygen atoms in total. The van der Waals surface area contributed by atoms with Gasteiger partial charge in [-0.3, -0.25) is 9.98 Å². The lowest BCUT2D eigenvalue weighted by atomic mass is 10.2. The molecule has 1 aromatic heterocycles. The van der Waals surface area contributed by atoms with E-state index in [1.54, 1.807) is 36.7 Å². The molecule has 0 unspecified atom stereocenters. The summed E-state index contributed by atoms with van der Waals surface area (Å²) in [6, 6.07) is 18.0. The van der Waals surface area contributed by atoms with E-state index < -0.39 is 5.97 Å². The molecule has 2 aromatic carbocycles. The first kappa shape index (κ1) is 22.0. The third-order valence-electron chi connectivity index (χ3n) is 4.58. The summed E-state index contributed by atoms with van der Waals surface area (Å²) < 4.78 is 11.4. The van der Waals surface area contributed by atoms with Crippen molar-refractivity contribution in [2.75, 3.05) is 13.2 Å². The van der Waals surface area contributed by atoms with Crippen LogP contribution in [0.4, 0.5) is 5.69 Å². The van der Waals surface area contributed by atoms with E-state index in [0.29, 0.717) is 19.0 Å². The molecule has 0 aliphatic rings. The summed E-state index contributed by atoms with van der Waals surface area (Å²) >= 11 is 0. The van der Waals surface area contributed by atoms with E-state index in [0.717, 1.165) is 42.7 Å². The molecule has 3 rings (SSSR count). The second kappa shape index (κ2) is 12.1. The quantitative estimate of drug-likeness (QED) is 0.308. The van der Waals surface area contributed by atoms with Crippen LogP contribution in [0.25, 0.3) is 0 Å². The molecule has 0 aliphatic carbocycles. The number of carboxylic acids is 1. The maximum absolute atomic E-state index is 10.8. The lowest BCUT2D eigenvalue weighted by Crippen LogP contribution is -2.00. The number of aromatic nitrogens is 1. The van der Waals surface area contributed by atoms with Crippen molar-refractivity contribution in [3.8, 4) is 11.5 Å². The van der Waals surface area contributed by atoms with E-state index >= 15 is 0 Å². The van der Waals surface area contributed by atoms with Crippen LogP contribution in [0.3, 0.4) is 0 Å². The zero-order valence-corrected chi connectivity index (χ0v) is 17.3. The van der Waals surface area contributed by atoms with Gasteiger partial charge in [-0.2, -0.15) is 0 Å². The van der Waals surface area contributed by atoms with Crippen molar-refractivity contribution < 1.29 is 19.4 Å². The van der Waals surface area contributed by atoms with Gasteiger partial charge in [0.1, 0.15) is 11.5 Å². The standard InChI is InChI=1S/C25H26N2O4/c28-25(29)21-5-9-23(10-6-21)30-17-3-1-2-4-18-31-24-11-7-22(8-12-24)27-19-20-13-15-26-16-14-20/h5-16,19H,1-4,17-18H2,(H,28,29). The van der Waals surface area contributed by atoms with Gasteiger partial charge < -0.3 is 14.6 Å². The van der Waals surface area contributed by atoms with Crippen molar-refractivity contribution in [2.24, 2.45) is 4.99 Å².